The Kier molecular flexibility index (Phi) is 5.69. The number of anilines is 3. The second-order valence-corrected chi connectivity index (χ2v) is 8.26. The number of rotatable bonds is 4. The van der Waals surface area contributed by atoms with Crippen LogP contribution in [0.3, 0.4) is 0 Å². The van der Waals surface area contributed by atoms with E-state index in [0.717, 1.165) is 24.5 Å². The molecule has 1 aliphatic rings. The Morgan fingerprint density at radius 1 is 1.14 bits per heavy atom. The normalized spacial score (nSPS) is 14.2. The molecule has 0 bridgehead atoms. The van der Waals surface area contributed by atoms with Gasteiger partial charge in [0.15, 0.2) is 5.13 Å². The van der Waals surface area contributed by atoms with E-state index < -0.39 is 0 Å². The van der Waals surface area contributed by atoms with Crippen molar-refractivity contribution in [1.82, 2.24) is 9.88 Å². The largest absolute Gasteiger partial charge is 0.368 e. The molecule has 1 fully saturated rings. The molecule has 0 atom stereocenters. The lowest BCUT2D eigenvalue weighted by Crippen LogP contribution is -2.48. The van der Waals surface area contributed by atoms with Gasteiger partial charge < -0.3 is 15.1 Å². The highest BCUT2D eigenvalue weighted by Crippen LogP contribution is 2.28. The van der Waals surface area contributed by atoms with Crippen LogP contribution in [0.2, 0.25) is 5.02 Å². The molecular formula is C21H20ClFN4OS. The molecule has 8 heteroatoms. The van der Waals surface area contributed by atoms with E-state index in [0.29, 0.717) is 33.8 Å². The molecule has 0 unspecified atom stereocenters. The van der Waals surface area contributed by atoms with Gasteiger partial charge in [-0.05, 0) is 49.4 Å². The molecule has 2 aromatic carbocycles. The minimum Gasteiger partial charge on any atom is -0.368 e. The first kappa shape index (κ1) is 19.7. The summed E-state index contributed by atoms with van der Waals surface area (Å²) < 4.78 is 13.1. The molecule has 29 heavy (non-hydrogen) atoms. The zero-order chi connectivity index (χ0) is 20.4. The van der Waals surface area contributed by atoms with Crippen molar-refractivity contribution in [3.63, 3.8) is 0 Å². The number of benzene rings is 2. The number of hydrogen-bond acceptors (Lipinski definition) is 5. The summed E-state index contributed by atoms with van der Waals surface area (Å²) in [6.45, 7) is 4.63. The molecule has 1 N–H and O–H groups in total. The maximum Gasteiger partial charge on any atom is 0.266 e. The lowest BCUT2D eigenvalue weighted by atomic mass is 10.2. The Hall–Kier alpha value is -2.64. The van der Waals surface area contributed by atoms with Gasteiger partial charge in [0.25, 0.3) is 5.91 Å². The molecule has 1 amide bonds. The molecular weight excluding hydrogens is 411 g/mol. The molecule has 3 aromatic rings. The second-order valence-electron chi connectivity index (χ2n) is 6.82. The van der Waals surface area contributed by atoms with Crippen LogP contribution in [0.4, 0.5) is 20.9 Å². The number of aryl methyl sites for hydroxylation is 1. The first-order chi connectivity index (χ1) is 14.0. The van der Waals surface area contributed by atoms with Crippen LogP contribution in [0.5, 0.6) is 0 Å². The standard InChI is InChI=1S/C21H20ClFN4OS/c1-14-19(29-21(24-14)25-17-7-5-16(23)6-8-17)20(28)27-11-9-26(10-12-27)18-4-2-3-15(22)13-18/h2-8,13H,9-12H2,1H3,(H,24,25). The average molecular weight is 431 g/mol. The maximum absolute atomic E-state index is 13.1. The van der Waals surface area contributed by atoms with Crippen molar-refractivity contribution in [2.24, 2.45) is 0 Å². The number of carbonyl (C=O) groups is 1. The summed E-state index contributed by atoms with van der Waals surface area (Å²) in [6, 6.07) is 13.8. The average Bonchev–Trinajstić information content (AvgIpc) is 3.09. The summed E-state index contributed by atoms with van der Waals surface area (Å²) in [5.74, 6) is -0.295. The molecule has 0 saturated carbocycles. The van der Waals surface area contributed by atoms with Crippen LogP contribution in [-0.2, 0) is 0 Å². The van der Waals surface area contributed by atoms with E-state index in [1.165, 1.54) is 23.5 Å². The first-order valence-corrected chi connectivity index (χ1v) is 10.5. The van der Waals surface area contributed by atoms with Crippen molar-refractivity contribution in [2.45, 2.75) is 6.92 Å². The summed E-state index contributed by atoms with van der Waals surface area (Å²) >= 11 is 7.41. The van der Waals surface area contributed by atoms with Gasteiger partial charge in [-0.2, -0.15) is 0 Å². The van der Waals surface area contributed by atoms with Crippen molar-refractivity contribution in [1.29, 1.82) is 0 Å². The minimum absolute atomic E-state index is 0.00194. The quantitative estimate of drug-likeness (QED) is 0.636. The summed E-state index contributed by atoms with van der Waals surface area (Å²) in [7, 11) is 0. The highest BCUT2D eigenvalue weighted by Gasteiger charge is 2.25. The van der Waals surface area contributed by atoms with Crippen LogP contribution >= 0.6 is 22.9 Å². The predicted molar refractivity (Wildman–Crippen MR) is 116 cm³/mol. The van der Waals surface area contributed by atoms with Gasteiger partial charge in [0.2, 0.25) is 0 Å². The van der Waals surface area contributed by atoms with Crippen molar-refractivity contribution < 1.29 is 9.18 Å². The molecule has 4 rings (SSSR count). The predicted octanol–water partition coefficient (Wildman–Crippen LogP) is 4.95. The second kappa shape index (κ2) is 8.39. The van der Waals surface area contributed by atoms with E-state index in [2.05, 4.69) is 15.2 Å². The van der Waals surface area contributed by atoms with E-state index in [-0.39, 0.29) is 11.7 Å². The fraction of sp³-hybridized carbons (Fsp3) is 0.238. The Bertz CT molecular complexity index is 1020. The molecule has 1 saturated heterocycles. The third-order valence-electron chi connectivity index (χ3n) is 4.83. The van der Waals surface area contributed by atoms with Crippen LogP contribution in [0.15, 0.2) is 48.5 Å². The zero-order valence-corrected chi connectivity index (χ0v) is 17.4. The minimum atomic E-state index is -0.293. The number of halogens is 2. The topological polar surface area (TPSA) is 48.5 Å². The Labute approximate surface area is 177 Å². The van der Waals surface area contributed by atoms with E-state index in [9.17, 15) is 9.18 Å². The lowest BCUT2D eigenvalue weighted by molar-refractivity contribution is 0.0750. The highest BCUT2D eigenvalue weighted by molar-refractivity contribution is 7.17. The van der Waals surface area contributed by atoms with E-state index in [1.807, 2.05) is 36.1 Å². The van der Waals surface area contributed by atoms with Crippen LogP contribution in [0.25, 0.3) is 0 Å². The smallest absolute Gasteiger partial charge is 0.266 e. The number of piperazine rings is 1. The van der Waals surface area contributed by atoms with Gasteiger partial charge in [-0.1, -0.05) is 29.0 Å². The number of aromatic nitrogens is 1. The molecule has 1 aliphatic heterocycles. The monoisotopic (exact) mass is 430 g/mol. The van der Waals surface area contributed by atoms with Crippen LogP contribution < -0.4 is 10.2 Å². The molecule has 0 aliphatic carbocycles. The molecule has 1 aromatic heterocycles. The van der Waals surface area contributed by atoms with Gasteiger partial charge in [-0.25, -0.2) is 9.37 Å². The van der Waals surface area contributed by atoms with Crippen LogP contribution in [0, 0.1) is 12.7 Å². The Morgan fingerprint density at radius 2 is 1.86 bits per heavy atom. The third kappa shape index (κ3) is 4.52. The van der Waals surface area contributed by atoms with Gasteiger partial charge in [0, 0.05) is 42.6 Å². The van der Waals surface area contributed by atoms with Crippen LogP contribution in [-0.4, -0.2) is 42.0 Å². The number of amides is 1. The molecule has 150 valence electrons. The zero-order valence-electron chi connectivity index (χ0n) is 15.9. The van der Waals surface area contributed by atoms with Crippen molar-refractivity contribution in [2.75, 3.05) is 36.4 Å². The van der Waals surface area contributed by atoms with E-state index in [1.54, 1.807) is 12.1 Å². The number of nitrogens with one attached hydrogen (secondary N) is 1. The SMILES string of the molecule is Cc1nc(Nc2ccc(F)cc2)sc1C(=O)N1CCN(c2cccc(Cl)c2)CC1. The molecule has 2 heterocycles. The summed E-state index contributed by atoms with van der Waals surface area (Å²) in [6.07, 6.45) is 0. The highest BCUT2D eigenvalue weighted by atomic mass is 35.5. The van der Waals surface area contributed by atoms with Gasteiger partial charge in [0.05, 0.1) is 5.69 Å². The number of carbonyl (C=O) groups excluding carboxylic acids is 1. The van der Waals surface area contributed by atoms with E-state index >= 15 is 0 Å². The molecule has 0 spiro atoms. The summed E-state index contributed by atoms with van der Waals surface area (Å²) in [5, 5.41) is 4.46. The van der Waals surface area contributed by atoms with Gasteiger partial charge in [-0.15, -0.1) is 0 Å². The van der Waals surface area contributed by atoms with Crippen LogP contribution in [0.1, 0.15) is 15.4 Å². The maximum atomic E-state index is 13.1. The van der Waals surface area contributed by atoms with Crippen molar-refractivity contribution >= 4 is 45.4 Å². The summed E-state index contributed by atoms with van der Waals surface area (Å²) in [5.41, 5.74) is 2.50. The molecule has 5 nitrogen and oxygen atoms in total. The van der Waals surface area contributed by atoms with Crippen molar-refractivity contribution in [3.05, 3.63) is 69.9 Å². The number of nitrogens with zero attached hydrogens (tertiary/aromatic N) is 3. The number of thiazole rings is 1. The fourth-order valence-electron chi connectivity index (χ4n) is 3.29. The summed E-state index contributed by atoms with van der Waals surface area (Å²) in [4.78, 5) is 22.2. The van der Waals surface area contributed by atoms with Crippen molar-refractivity contribution in [3.8, 4) is 0 Å². The molecule has 0 radical (unpaired) electrons. The number of hydrogen-bond donors (Lipinski definition) is 1. The Morgan fingerprint density at radius 3 is 2.55 bits per heavy atom. The van der Waals surface area contributed by atoms with Gasteiger partial charge in [0.1, 0.15) is 10.7 Å². The van der Waals surface area contributed by atoms with Gasteiger partial charge >= 0.3 is 0 Å². The van der Waals surface area contributed by atoms with Gasteiger partial charge in [-0.3, -0.25) is 4.79 Å². The first-order valence-electron chi connectivity index (χ1n) is 9.29. The lowest BCUT2D eigenvalue weighted by Gasteiger charge is -2.36. The Balaban J connectivity index is 1.41. The third-order valence-corrected chi connectivity index (χ3v) is 6.12. The van der Waals surface area contributed by atoms with E-state index in [4.69, 9.17) is 11.6 Å². The fourth-order valence-corrected chi connectivity index (χ4v) is 4.43.